The van der Waals surface area contributed by atoms with E-state index in [1.54, 1.807) is 36.2 Å². The van der Waals surface area contributed by atoms with Crippen molar-refractivity contribution in [3.63, 3.8) is 0 Å². The Labute approximate surface area is 148 Å². The highest BCUT2D eigenvalue weighted by Crippen LogP contribution is 2.13. The van der Waals surface area contributed by atoms with Gasteiger partial charge in [-0.25, -0.2) is 4.79 Å². The van der Waals surface area contributed by atoms with Gasteiger partial charge in [0.2, 0.25) is 5.91 Å². The SMILES string of the molecule is CC(C)C(N)CCN(C)C(=O)c1cccc(CN2C(=O)CNC2=O)c1. The summed E-state index contributed by atoms with van der Waals surface area (Å²) in [6, 6.07) is 6.67. The van der Waals surface area contributed by atoms with E-state index in [1.165, 1.54) is 0 Å². The molecule has 0 bridgehead atoms. The second-order valence-electron chi connectivity index (χ2n) is 6.76. The van der Waals surface area contributed by atoms with Crippen LogP contribution < -0.4 is 11.1 Å². The van der Waals surface area contributed by atoms with Crippen LogP contribution in [0.1, 0.15) is 36.2 Å². The van der Waals surface area contributed by atoms with E-state index in [9.17, 15) is 14.4 Å². The van der Waals surface area contributed by atoms with E-state index in [0.29, 0.717) is 18.0 Å². The highest BCUT2D eigenvalue weighted by Gasteiger charge is 2.28. The molecule has 7 heteroatoms. The molecule has 4 amide bonds. The van der Waals surface area contributed by atoms with Gasteiger partial charge in [-0.05, 0) is 30.0 Å². The van der Waals surface area contributed by atoms with Crippen LogP contribution in [0.2, 0.25) is 0 Å². The summed E-state index contributed by atoms with van der Waals surface area (Å²) in [6.07, 6.45) is 0.738. The second-order valence-corrected chi connectivity index (χ2v) is 6.76. The Bertz CT molecular complexity index is 643. The minimum atomic E-state index is -0.401. The van der Waals surface area contributed by atoms with Crippen LogP contribution >= 0.6 is 0 Å². The van der Waals surface area contributed by atoms with Gasteiger partial charge in [0.25, 0.3) is 5.91 Å². The van der Waals surface area contributed by atoms with Crippen molar-refractivity contribution in [1.29, 1.82) is 0 Å². The molecule has 136 valence electrons. The minimum Gasteiger partial charge on any atom is -0.342 e. The number of carbonyl (C=O) groups excluding carboxylic acids is 3. The monoisotopic (exact) mass is 346 g/mol. The third kappa shape index (κ3) is 4.79. The van der Waals surface area contributed by atoms with Gasteiger partial charge < -0.3 is 16.0 Å². The van der Waals surface area contributed by atoms with Crippen LogP contribution in [0.15, 0.2) is 24.3 Å². The number of nitrogens with one attached hydrogen (secondary N) is 1. The van der Waals surface area contributed by atoms with Gasteiger partial charge in [0.1, 0.15) is 0 Å². The topological polar surface area (TPSA) is 95.7 Å². The number of rotatable bonds is 7. The van der Waals surface area contributed by atoms with Crippen LogP contribution in [-0.4, -0.2) is 53.8 Å². The Balaban J connectivity index is 2.01. The lowest BCUT2D eigenvalue weighted by Gasteiger charge is -2.22. The predicted octanol–water partition coefficient (Wildman–Crippen LogP) is 1.18. The molecule has 1 aliphatic rings. The quantitative estimate of drug-likeness (QED) is 0.725. The Hall–Kier alpha value is -2.41. The molecule has 0 aromatic heterocycles. The molecule has 1 aliphatic heterocycles. The van der Waals surface area contributed by atoms with Gasteiger partial charge >= 0.3 is 6.03 Å². The number of hydrogen-bond acceptors (Lipinski definition) is 4. The predicted molar refractivity (Wildman–Crippen MR) is 94.8 cm³/mol. The van der Waals surface area contributed by atoms with Gasteiger partial charge in [0, 0.05) is 25.2 Å². The van der Waals surface area contributed by atoms with Gasteiger partial charge in [-0.3, -0.25) is 14.5 Å². The number of hydrogen-bond donors (Lipinski definition) is 2. The number of nitrogens with two attached hydrogens (primary N) is 1. The first kappa shape index (κ1) is 18.9. The maximum absolute atomic E-state index is 12.6. The summed E-state index contributed by atoms with van der Waals surface area (Å²) in [7, 11) is 1.75. The van der Waals surface area contributed by atoms with Gasteiger partial charge in [0.05, 0.1) is 13.1 Å². The molecule has 1 aromatic carbocycles. The van der Waals surface area contributed by atoms with Gasteiger partial charge in [0.15, 0.2) is 0 Å². The summed E-state index contributed by atoms with van der Waals surface area (Å²) in [5.74, 6) is 0.00695. The van der Waals surface area contributed by atoms with Crippen molar-refractivity contribution in [3.05, 3.63) is 35.4 Å². The molecule has 3 N–H and O–H groups in total. The van der Waals surface area contributed by atoms with Crippen LogP contribution in [0, 0.1) is 5.92 Å². The fourth-order valence-corrected chi connectivity index (χ4v) is 2.60. The molecular formula is C18H26N4O3. The largest absolute Gasteiger partial charge is 0.342 e. The highest BCUT2D eigenvalue weighted by molar-refractivity contribution is 6.02. The molecule has 0 spiro atoms. The molecule has 2 rings (SSSR count). The van der Waals surface area contributed by atoms with Crippen molar-refractivity contribution < 1.29 is 14.4 Å². The first-order chi connectivity index (χ1) is 11.8. The fourth-order valence-electron chi connectivity index (χ4n) is 2.60. The van der Waals surface area contributed by atoms with E-state index in [-0.39, 0.29) is 30.9 Å². The maximum atomic E-state index is 12.6. The summed E-state index contributed by atoms with van der Waals surface area (Å²) in [4.78, 5) is 38.7. The number of imide groups is 1. The summed E-state index contributed by atoms with van der Waals surface area (Å²) in [5.41, 5.74) is 7.30. The van der Waals surface area contributed by atoms with Crippen molar-refractivity contribution in [2.24, 2.45) is 11.7 Å². The molecule has 7 nitrogen and oxygen atoms in total. The number of amides is 4. The maximum Gasteiger partial charge on any atom is 0.324 e. The van der Waals surface area contributed by atoms with Gasteiger partial charge in [-0.2, -0.15) is 0 Å². The van der Waals surface area contributed by atoms with Gasteiger partial charge in [-0.1, -0.05) is 26.0 Å². The molecule has 25 heavy (non-hydrogen) atoms. The molecule has 0 saturated carbocycles. The third-order valence-corrected chi connectivity index (χ3v) is 4.45. The van der Waals surface area contributed by atoms with E-state index in [4.69, 9.17) is 5.73 Å². The van der Waals surface area contributed by atoms with Crippen LogP contribution in [0.4, 0.5) is 4.79 Å². The molecule has 1 saturated heterocycles. The molecule has 1 unspecified atom stereocenters. The smallest absolute Gasteiger partial charge is 0.324 e. The van der Waals surface area contributed by atoms with Crippen molar-refractivity contribution >= 4 is 17.8 Å². The Morgan fingerprint density at radius 2 is 2.08 bits per heavy atom. The zero-order valence-corrected chi connectivity index (χ0v) is 15.0. The average Bonchev–Trinajstić information content (AvgIpc) is 2.90. The zero-order valence-electron chi connectivity index (χ0n) is 15.0. The highest BCUT2D eigenvalue weighted by atomic mass is 16.2. The van der Waals surface area contributed by atoms with Crippen molar-refractivity contribution in [1.82, 2.24) is 15.1 Å². The third-order valence-electron chi connectivity index (χ3n) is 4.45. The van der Waals surface area contributed by atoms with Crippen LogP contribution in [0.25, 0.3) is 0 Å². The lowest BCUT2D eigenvalue weighted by Crippen LogP contribution is -2.34. The lowest BCUT2D eigenvalue weighted by atomic mass is 10.0. The van der Waals surface area contributed by atoms with Crippen LogP contribution in [-0.2, 0) is 11.3 Å². The van der Waals surface area contributed by atoms with Crippen molar-refractivity contribution in [2.75, 3.05) is 20.1 Å². The van der Waals surface area contributed by atoms with Crippen molar-refractivity contribution in [3.8, 4) is 0 Å². The molecule has 1 fully saturated rings. The zero-order chi connectivity index (χ0) is 18.6. The first-order valence-corrected chi connectivity index (χ1v) is 8.47. The fraction of sp³-hybridized carbons (Fsp3) is 0.500. The summed E-state index contributed by atoms with van der Waals surface area (Å²) < 4.78 is 0. The number of carbonyl (C=O) groups is 3. The van der Waals surface area contributed by atoms with E-state index >= 15 is 0 Å². The normalized spacial score (nSPS) is 15.5. The Morgan fingerprint density at radius 3 is 2.68 bits per heavy atom. The number of benzene rings is 1. The Kier molecular flexibility index (Phi) is 6.14. The van der Waals surface area contributed by atoms with Crippen molar-refractivity contribution in [2.45, 2.75) is 32.9 Å². The van der Waals surface area contributed by atoms with E-state index in [2.05, 4.69) is 19.2 Å². The van der Waals surface area contributed by atoms with Crippen LogP contribution in [0.3, 0.4) is 0 Å². The summed E-state index contributed by atoms with van der Waals surface area (Å²) in [6.45, 7) is 4.89. The van der Waals surface area contributed by atoms with Gasteiger partial charge in [-0.15, -0.1) is 0 Å². The van der Waals surface area contributed by atoms with E-state index in [0.717, 1.165) is 16.9 Å². The summed E-state index contributed by atoms with van der Waals surface area (Å²) in [5, 5.41) is 2.48. The first-order valence-electron chi connectivity index (χ1n) is 8.47. The molecule has 1 heterocycles. The number of urea groups is 1. The molecule has 0 aliphatic carbocycles. The second kappa shape index (κ2) is 8.11. The van der Waals surface area contributed by atoms with Crippen LogP contribution in [0.5, 0.6) is 0 Å². The van der Waals surface area contributed by atoms with E-state index in [1.807, 2.05) is 0 Å². The Morgan fingerprint density at radius 1 is 1.36 bits per heavy atom. The molecule has 1 aromatic rings. The molecule has 1 atom stereocenters. The van der Waals surface area contributed by atoms with E-state index < -0.39 is 6.03 Å². The lowest BCUT2D eigenvalue weighted by molar-refractivity contribution is -0.125. The molecular weight excluding hydrogens is 320 g/mol. The minimum absolute atomic E-state index is 0.0241. The number of nitrogens with zero attached hydrogens (tertiary/aromatic N) is 2. The summed E-state index contributed by atoms with van der Waals surface area (Å²) >= 11 is 0. The standard InChI is InChI=1S/C18H26N4O3/c1-12(2)15(19)7-8-21(3)17(24)14-6-4-5-13(9-14)11-22-16(23)10-20-18(22)25/h4-6,9,12,15H,7-8,10-11,19H2,1-3H3,(H,20,25). The average molecular weight is 346 g/mol. The molecule has 0 radical (unpaired) electrons.